The third kappa shape index (κ3) is 5.35. The van der Waals surface area contributed by atoms with Crippen molar-refractivity contribution in [2.24, 2.45) is 11.8 Å². The van der Waals surface area contributed by atoms with E-state index in [0.717, 1.165) is 84.5 Å². The summed E-state index contributed by atoms with van der Waals surface area (Å²) < 4.78 is 1.96. The third-order valence-electron chi connectivity index (χ3n) is 9.62. The lowest BCUT2D eigenvalue weighted by Crippen LogP contribution is -2.49. The number of ketones is 1. The molecule has 7 rings (SSSR count). The van der Waals surface area contributed by atoms with Gasteiger partial charge in [0.15, 0.2) is 5.78 Å². The summed E-state index contributed by atoms with van der Waals surface area (Å²) in [4.78, 5) is 50.1. The molecule has 1 N–H and O–H groups in total. The number of carboxylic acid groups (broad SMARTS) is 1. The van der Waals surface area contributed by atoms with Crippen LogP contribution in [0.5, 0.6) is 0 Å². The maximum Gasteiger partial charge on any atom is 0.348 e. The van der Waals surface area contributed by atoms with Gasteiger partial charge in [-0.15, -0.1) is 23.7 Å². The number of para-hydroxylation sites is 2. The van der Waals surface area contributed by atoms with E-state index in [4.69, 9.17) is 4.98 Å². The predicted octanol–water partition coefficient (Wildman–Crippen LogP) is 7.00. The van der Waals surface area contributed by atoms with E-state index >= 15 is 0 Å². The summed E-state index contributed by atoms with van der Waals surface area (Å²) in [5, 5.41) is 10.4. The number of thiophene rings is 1. The summed E-state index contributed by atoms with van der Waals surface area (Å²) in [5.41, 5.74) is 4.42. The van der Waals surface area contributed by atoms with Gasteiger partial charge in [-0.2, -0.15) is 0 Å². The van der Waals surface area contributed by atoms with Crippen LogP contribution >= 0.6 is 23.7 Å². The Kier molecular flexibility index (Phi) is 8.39. The molecular weight excluding hydrogens is 596 g/mol. The van der Waals surface area contributed by atoms with E-state index in [1.54, 1.807) is 0 Å². The fourth-order valence-electron chi connectivity index (χ4n) is 7.10. The minimum Gasteiger partial charge on any atom is -0.477 e. The molecule has 2 aliphatic heterocycles. The molecule has 1 aliphatic carbocycles. The number of nitrogens with zero attached hydrogens (tertiary/aromatic N) is 4. The maximum atomic E-state index is 14.2. The van der Waals surface area contributed by atoms with Crippen LogP contribution in [-0.4, -0.2) is 63.4 Å². The highest BCUT2D eigenvalue weighted by molar-refractivity contribution is 7.18. The molecule has 2 aromatic heterocycles. The number of benzene rings is 2. The number of aromatic carboxylic acids is 1. The zero-order valence-corrected chi connectivity index (χ0v) is 26.6. The van der Waals surface area contributed by atoms with Gasteiger partial charge in [-0.25, -0.2) is 9.78 Å². The average Bonchev–Trinajstić information content (AvgIpc) is 3.61. The second-order valence-corrected chi connectivity index (χ2v) is 13.6. The number of Topliss-reactive ketones (excluding diaryl/α,β-unsaturated/α-hetero) is 1. The van der Waals surface area contributed by atoms with Crippen molar-refractivity contribution in [3.63, 3.8) is 0 Å². The van der Waals surface area contributed by atoms with Crippen molar-refractivity contribution in [2.45, 2.75) is 58.0 Å². The van der Waals surface area contributed by atoms with Gasteiger partial charge in [0.05, 0.1) is 23.3 Å². The number of anilines is 1. The first kappa shape index (κ1) is 30.5. The second-order valence-electron chi connectivity index (χ2n) is 12.5. The molecule has 4 heterocycles. The normalized spacial score (nSPS) is 20.5. The Balaban J connectivity index is 0.00000343. The molecule has 4 aromatic rings. The van der Waals surface area contributed by atoms with E-state index in [1.807, 2.05) is 58.0 Å². The predicted molar refractivity (Wildman–Crippen MR) is 176 cm³/mol. The molecule has 10 heteroatoms. The number of carboxylic acids is 1. The van der Waals surface area contributed by atoms with E-state index in [0.29, 0.717) is 17.2 Å². The van der Waals surface area contributed by atoms with Gasteiger partial charge in [0.1, 0.15) is 10.7 Å². The molecule has 2 aromatic carbocycles. The molecule has 1 saturated carbocycles. The Bertz CT molecular complexity index is 1750. The topological polar surface area (TPSA) is 95.7 Å². The van der Waals surface area contributed by atoms with Gasteiger partial charge < -0.3 is 19.5 Å². The van der Waals surface area contributed by atoms with Crippen molar-refractivity contribution in [2.75, 3.05) is 25.0 Å². The van der Waals surface area contributed by atoms with Crippen molar-refractivity contribution in [3.8, 4) is 21.8 Å². The Morgan fingerprint density at radius 3 is 2.43 bits per heavy atom. The lowest BCUT2D eigenvalue weighted by atomic mass is 9.82. The van der Waals surface area contributed by atoms with Crippen molar-refractivity contribution < 1.29 is 19.5 Å². The molecule has 2 fully saturated rings. The lowest BCUT2D eigenvalue weighted by molar-refractivity contribution is -0.124. The van der Waals surface area contributed by atoms with Crippen LogP contribution < -0.4 is 4.90 Å². The summed E-state index contributed by atoms with van der Waals surface area (Å²) in [6.45, 7) is 4.18. The minimum atomic E-state index is -1.03. The number of hydrogen-bond donors (Lipinski definition) is 1. The molecule has 0 radical (unpaired) electrons. The lowest BCUT2D eigenvalue weighted by Gasteiger charge is -2.39. The Hall–Kier alpha value is -3.53. The minimum absolute atomic E-state index is 0. The van der Waals surface area contributed by atoms with Gasteiger partial charge in [0.25, 0.3) is 0 Å². The third-order valence-corrected chi connectivity index (χ3v) is 10.8. The largest absolute Gasteiger partial charge is 0.477 e. The Morgan fingerprint density at radius 1 is 0.977 bits per heavy atom. The van der Waals surface area contributed by atoms with Crippen LogP contribution in [0, 0.1) is 11.8 Å². The first-order valence-corrected chi connectivity index (χ1v) is 16.1. The summed E-state index contributed by atoms with van der Waals surface area (Å²) >= 11 is 1.18. The molecule has 0 spiro atoms. The van der Waals surface area contributed by atoms with Crippen LogP contribution in [-0.2, 0) is 11.3 Å². The van der Waals surface area contributed by atoms with Crippen LogP contribution in [0.1, 0.15) is 65.5 Å². The fourth-order valence-corrected chi connectivity index (χ4v) is 8.09. The number of imidazole rings is 1. The fraction of sp³-hybridized carbons (Fsp3) is 0.412. The number of fused-ring (bicyclic) bond motifs is 5. The van der Waals surface area contributed by atoms with Crippen molar-refractivity contribution in [3.05, 3.63) is 59.0 Å². The number of carbonyl (C=O) groups is 3. The molecule has 0 bridgehead atoms. The summed E-state index contributed by atoms with van der Waals surface area (Å²) in [5.74, 6) is 0.330. The highest BCUT2D eigenvalue weighted by Gasteiger charge is 2.37. The maximum absolute atomic E-state index is 14.2. The number of likely N-dealkylation sites (tertiary alicyclic amines) is 1. The van der Waals surface area contributed by atoms with Gasteiger partial charge in [-0.05, 0) is 100 Å². The molecular formula is C34H37ClN4O4S. The van der Waals surface area contributed by atoms with Gasteiger partial charge in [-0.3, -0.25) is 9.59 Å². The summed E-state index contributed by atoms with van der Waals surface area (Å²) in [7, 11) is 2.09. The molecule has 3 aliphatic rings. The number of amides is 1. The van der Waals surface area contributed by atoms with E-state index in [1.165, 1.54) is 11.3 Å². The van der Waals surface area contributed by atoms with Gasteiger partial charge in [0, 0.05) is 28.0 Å². The van der Waals surface area contributed by atoms with E-state index in [-0.39, 0.29) is 47.5 Å². The van der Waals surface area contributed by atoms with E-state index in [2.05, 4.69) is 18.9 Å². The van der Waals surface area contributed by atoms with Crippen molar-refractivity contribution in [1.29, 1.82) is 0 Å². The molecule has 0 unspecified atom stereocenters. The van der Waals surface area contributed by atoms with Crippen LogP contribution in [0.25, 0.3) is 32.9 Å². The summed E-state index contributed by atoms with van der Waals surface area (Å²) in [6.07, 6.45) is 5.36. The monoisotopic (exact) mass is 632 g/mol. The highest BCUT2D eigenvalue weighted by atomic mass is 35.5. The van der Waals surface area contributed by atoms with Crippen LogP contribution in [0.15, 0.2) is 48.5 Å². The number of piperidine rings is 1. The summed E-state index contributed by atoms with van der Waals surface area (Å²) in [6, 6.07) is 15.4. The number of aromatic nitrogens is 2. The quantitative estimate of drug-likeness (QED) is 0.254. The standard InChI is InChI=1S/C34H36N4O4S.ClH/c1-20-7-9-21(10-8-20)33(40)38(23-13-15-36(2)16-14-23)28-18-30(43-31(28)34(41)42)22-11-12-24-25(17-22)29(39)19-37-27-6-4-3-5-26(27)35-32(24)37;/h3-6,11-12,17-18,20-21,23H,7-10,13-16,19H2,1-2H3,(H,41,42);1H. The van der Waals surface area contributed by atoms with Crippen LogP contribution in [0.2, 0.25) is 0 Å². The van der Waals surface area contributed by atoms with Gasteiger partial charge >= 0.3 is 5.97 Å². The molecule has 230 valence electrons. The SMILES string of the molecule is CC1CCC(C(=O)N(c2cc(-c3ccc4c(c3)C(=O)Cn3c-4nc4ccccc43)sc2C(=O)O)C2CCN(C)CC2)CC1.Cl. The number of carbonyl (C=O) groups excluding carboxylic acids is 2. The van der Waals surface area contributed by atoms with Crippen molar-refractivity contribution >= 4 is 58.1 Å². The first-order chi connectivity index (χ1) is 20.8. The highest BCUT2D eigenvalue weighted by Crippen LogP contribution is 2.43. The Morgan fingerprint density at radius 2 is 1.70 bits per heavy atom. The van der Waals surface area contributed by atoms with E-state index < -0.39 is 5.97 Å². The molecule has 0 atom stereocenters. The molecule has 1 saturated heterocycles. The number of rotatable bonds is 5. The zero-order chi connectivity index (χ0) is 29.8. The second kappa shape index (κ2) is 12.1. The molecule has 8 nitrogen and oxygen atoms in total. The van der Waals surface area contributed by atoms with Crippen molar-refractivity contribution in [1.82, 2.24) is 14.5 Å². The number of halogens is 1. The van der Waals surface area contributed by atoms with Crippen LogP contribution in [0.4, 0.5) is 5.69 Å². The number of hydrogen-bond acceptors (Lipinski definition) is 6. The smallest absolute Gasteiger partial charge is 0.348 e. The first-order valence-electron chi connectivity index (χ1n) is 15.3. The molecule has 1 amide bonds. The van der Waals surface area contributed by atoms with Gasteiger partial charge in [0.2, 0.25) is 5.91 Å². The average molecular weight is 633 g/mol. The Labute approximate surface area is 267 Å². The van der Waals surface area contributed by atoms with Crippen LogP contribution in [0.3, 0.4) is 0 Å². The molecule has 44 heavy (non-hydrogen) atoms. The van der Waals surface area contributed by atoms with E-state index in [9.17, 15) is 19.5 Å². The van der Waals surface area contributed by atoms with Gasteiger partial charge in [-0.1, -0.05) is 25.1 Å². The zero-order valence-electron chi connectivity index (χ0n) is 25.0.